The third-order valence-corrected chi connectivity index (χ3v) is 10.1. The van der Waals surface area contributed by atoms with Crippen molar-refractivity contribution in [1.82, 2.24) is 19.8 Å². The van der Waals surface area contributed by atoms with Gasteiger partial charge >= 0.3 is 18.1 Å². The Bertz CT molecular complexity index is 1500. The number of hydrogen-bond acceptors (Lipinski definition) is 8. The van der Waals surface area contributed by atoms with Gasteiger partial charge in [-0.05, 0) is 89.0 Å². The number of esters is 1. The van der Waals surface area contributed by atoms with Crippen LogP contribution in [0.25, 0.3) is 0 Å². The van der Waals surface area contributed by atoms with Gasteiger partial charge in [-0.3, -0.25) is 14.4 Å². The minimum atomic E-state index is -5.08. The Kier molecular flexibility index (Phi) is 12.6. The molecule has 2 aromatic rings. The molecule has 2 aliphatic heterocycles. The summed E-state index contributed by atoms with van der Waals surface area (Å²) in [5.41, 5.74) is 3.91. The average Bonchev–Trinajstić information content (AvgIpc) is 3.63. The maximum Gasteiger partial charge on any atom is 0.490 e. The van der Waals surface area contributed by atoms with Crippen LogP contribution >= 0.6 is 11.6 Å². The van der Waals surface area contributed by atoms with Crippen LogP contribution < -0.4 is 4.90 Å². The average molecular weight is 710 g/mol. The topological polar surface area (TPSA) is 133 Å². The number of aliphatic carboxylic acids is 1. The van der Waals surface area contributed by atoms with Crippen molar-refractivity contribution in [2.75, 3.05) is 51.3 Å². The third-order valence-electron chi connectivity index (χ3n) is 9.73. The van der Waals surface area contributed by atoms with E-state index in [0.717, 1.165) is 61.8 Å². The van der Waals surface area contributed by atoms with Gasteiger partial charge in [-0.1, -0.05) is 17.7 Å². The van der Waals surface area contributed by atoms with Crippen LogP contribution in [0.4, 0.5) is 18.9 Å². The molecule has 15 heteroatoms. The Morgan fingerprint density at radius 3 is 2.02 bits per heavy atom. The lowest BCUT2D eigenvalue weighted by Crippen LogP contribution is -2.40. The van der Waals surface area contributed by atoms with Gasteiger partial charge in [0, 0.05) is 49.4 Å². The molecule has 1 aromatic heterocycles. The van der Waals surface area contributed by atoms with Crippen molar-refractivity contribution in [2.45, 2.75) is 59.1 Å². The fourth-order valence-electron chi connectivity index (χ4n) is 7.03. The quantitative estimate of drug-likeness (QED) is 0.372. The van der Waals surface area contributed by atoms with Crippen molar-refractivity contribution in [3.63, 3.8) is 0 Å². The minimum Gasteiger partial charge on any atom is -0.475 e. The zero-order valence-electron chi connectivity index (χ0n) is 28.1. The van der Waals surface area contributed by atoms with Gasteiger partial charge < -0.3 is 24.5 Å². The molecule has 2 amide bonds. The summed E-state index contributed by atoms with van der Waals surface area (Å²) in [7, 11) is 1.42. The highest BCUT2D eigenvalue weighted by Gasteiger charge is 2.42. The molecule has 3 fully saturated rings. The maximum atomic E-state index is 13.8. The van der Waals surface area contributed by atoms with Gasteiger partial charge in [0.25, 0.3) is 5.91 Å². The molecule has 3 heterocycles. The number of hydrogen-bond donors (Lipinski definition) is 1. The molecule has 0 radical (unpaired) electrons. The predicted octanol–water partition coefficient (Wildman–Crippen LogP) is 5.10. The number of methoxy groups -OCH3 is 1. The van der Waals surface area contributed by atoms with Crippen LogP contribution in [-0.4, -0.2) is 101 Å². The molecule has 49 heavy (non-hydrogen) atoms. The molecule has 5 rings (SSSR count). The van der Waals surface area contributed by atoms with Gasteiger partial charge in [-0.15, -0.1) is 0 Å². The smallest absolute Gasteiger partial charge is 0.475 e. The van der Waals surface area contributed by atoms with Crippen molar-refractivity contribution < 1.29 is 42.2 Å². The van der Waals surface area contributed by atoms with E-state index in [-0.39, 0.29) is 29.6 Å². The highest BCUT2D eigenvalue weighted by Crippen LogP contribution is 2.34. The third kappa shape index (κ3) is 9.47. The second kappa shape index (κ2) is 16.3. The van der Waals surface area contributed by atoms with E-state index in [0.29, 0.717) is 54.6 Å². The van der Waals surface area contributed by atoms with Gasteiger partial charge in [0.2, 0.25) is 5.91 Å². The number of halogens is 4. The van der Waals surface area contributed by atoms with E-state index in [2.05, 4.69) is 14.9 Å². The number of fused-ring (bicyclic) bond motifs is 1. The number of rotatable bonds is 8. The zero-order chi connectivity index (χ0) is 36.0. The molecule has 0 spiro atoms. The monoisotopic (exact) mass is 709 g/mol. The van der Waals surface area contributed by atoms with E-state index in [1.165, 1.54) is 13.4 Å². The van der Waals surface area contributed by atoms with Gasteiger partial charge in [0.15, 0.2) is 0 Å². The van der Waals surface area contributed by atoms with Crippen LogP contribution in [0, 0.1) is 44.4 Å². The van der Waals surface area contributed by atoms with Gasteiger partial charge in [-0.2, -0.15) is 13.2 Å². The number of carboxylic acids is 1. The highest BCUT2D eigenvalue weighted by molar-refractivity contribution is 6.31. The number of nitrogens with zero attached hydrogens (tertiary/aromatic N) is 5. The van der Waals surface area contributed by atoms with E-state index >= 15 is 0 Å². The van der Waals surface area contributed by atoms with Gasteiger partial charge in [-0.25, -0.2) is 14.8 Å². The molecule has 1 aliphatic carbocycles. The lowest BCUT2D eigenvalue weighted by molar-refractivity contribution is -0.192. The molecule has 11 nitrogen and oxygen atoms in total. The summed E-state index contributed by atoms with van der Waals surface area (Å²) in [6.07, 6.45) is 0.00358. The standard InChI is InChI=1S/C32H42ClN5O4.C2HF3O2/c1-20-6-11-27(14-28(20)33)38(30(39)23-7-9-24(10-8-23)32(41)42-4)13-5-12-36-15-25-17-37(18-26(25)16-36)31(40)29-21(2)34-19-35-22(29)3;3-2(4,5)1(6)7/h6,11,14,19,23-26H,5,7-10,12-13,15-18H2,1-4H3;(H,6,7). The second-order valence-corrected chi connectivity index (χ2v) is 13.5. The van der Waals surface area contributed by atoms with Crippen LogP contribution in [0.2, 0.25) is 5.02 Å². The van der Waals surface area contributed by atoms with Crippen molar-refractivity contribution in [1.29, 1.82) is 0 Å². The normalized spacial score (nSPS) is 22.2. The molecule has 2 unspecified atom stereocenters. The molecular formula is C34H43ClF3N5O6. The van der Waals surface area contributed by atoms with E-state index in [1.54, 1.807) is 0 Å². The lowest BCUT2D eigenvalue weighted by atomic mass is 9.81. The summed E-state index contributed by atoms with van der Waals surface area (Å²) < 4.78 is 36.7. The number of aromatic nitrogens is 2. The predicted molar refractivity (Wildman–Crippen MR) is 175 cm³/mol. The van der Waals surface area contributed by atoms with Crippen molar-refractivity contribution in [3.8, 4) is 0 Å². The zero-order valence-corrected chi connectivity index (χ0v) is 28.9. The fraction of sp³-hybridized carbons (Fsp3) is 0.588. The van der Waals surface area contributed by atoms with Crippen LogP contribution in [0.5, 0.6) is 0 Å². The first kappa shape index (κ1) is 38.0. The largest absolute Gasteiger partial charge is 0.490 e. The van der Waals surface area contributed by atoms with Crippen LogP contribution in [0.3, 0.4) is 0 Å². The van der Waals surface area contributed by atoms with E-state index in [4.69, 9.17) is 26.2 Å². The Balaban J connectivity index is 0.000000698. The van der Waals surface area contributed by atoms with Crippen molar-refractivity contribution >= 4 is 41.0 Å². The maximum absolute atomic E-state index is 13.8. The molecule has 1 N–H and O–H groups in total. The molecule has 268 valence electrons. The molecule has 2 saturated heterocycles. The number of carbonyl (C=O) groups excluding carboxylic acids is 3. The van der Waals surface area contributed by atoms with E-state index < -0.39 is 12.1 Å². The Hall–Kier alpha value is -3.78. The lowest BCUT2D eigenvalue weighted by Gasteiger charge is -2.32. The molecular weight excluding hydrogens is 667 g/mol. The number of aryl methyl sites for hydroxylation is 3. The number of amides is 2. The molecule has 1 saturated carbocycles. The van der Waals surface area contributed by atoms with Gasteiger partial charge in [0.1, 0.15) is 6.33 Å². The number of ether oxygens (including phenoxy) is 1. The Morgan fingerprint density at radius 1 is 0.959 bits per heavy atom. The first-order chi connectivity index (χ1) is 23.1. The van der Waals surface area contributed by atoms with E-state index in [1.807, 2.05) is 48.8 Å². The fourth-order valence-corrected chi connectivity index (χ4v) is 7.21. The summed E-state index contributed by atoms with van der Waals surface area (Å²) in [4.78, 5) is 62.8. The number of anilines is 1. The highest BCUT2D eigenvalue weighted by atomic mass is 35.5. The summed E-state index contributed by atoms with van der Waals surface area (Å²) >= 11 is 6.47. The summed E-state index contributed by atoms with van der Waals surface area (Å²) in [5, 5.41) is 7.78. The minimum absolute atomic E-state index is 0.0399. The van der Waals surface area contributed by atoms with Crippen LogP contribution in [0.1, 0.15) is 59.4 Å². The number of benzene rings is 1. The van der Waals surface area contributed by atoms with Crippen molar-refractivity contribution in [3.05, 3.63) is 52.1 Å². The summed E-state index contributed by atoms with van der Waals surface area (Å²) in [6.45, 7) is 10.6. The number of carboxylic acid groups (broad SMARTS) is 1. The Labute approximate surface area is 288 Å². The number of likely N-dealkylation sites (tertiary alicyclic amines) is 2. The van der Waals surface area contributed by atoms with Gasteiger partial charge in [0.05, 0.1) is 30.0 Å². The first-order valence-electron chi connectivity index (χ1n) is 16.4. The molecule has 1 aromatic carbocycles. The number of carbonyl (C=O) groups is 4. The molecule has 3 aliphatic rings. The molecule has 2 atom stereocenters. The second-order valence-electron chi connectivity index (χ2n) is 13.1. The van der Waals surface area contributed by atoms with Crippen LogP contribution in [-0.2, 0) is 19.1 Å². The summed E-state index contributed by atoms with van der Waals surface area (Å²) in [5.74, 6) is -2.09. The summed E-state index contributed by atoms with van der Waals surface area (Å²) in [6, 6.07) is 5.83. The van der Waals surface area contributed by atoms with E-state index in [9.17, 15) is 27.6 Å². The first-order valence-corrected chi connectivity index (χ1v) is 16.7. The van der Waals surface area contributed by atoms with Crippen LogP contribution in [0.15, 0.2) is 24.5 Å². The number of alkyl halides is 3. The Morgan fingerprint density at radius 2 is 1.51 bits per heavy atom. The molecule has 0 bridgehead atoms. The van der Waals surface area contributed by atoms with Crippen molar-refractivity contribution in [2.24, 2.45) is 23.7 Å². The SMILES string of the molecule is COC(=O)C1CCC(C(=O)N(CCCN2CC3CN(C(=O)c4c(C)ncnc4C)CC3C2)c2ccc(C)c(Cl)c2)CC1.O=C(O)C(F)(F)F.